The predicted octanol–water partition coefficient (Wildman–Crippen LogP) is 3.15. The van der Waals surface area contributed by atoms with E-state index in [-0.39, 0.29) is 11.5 Å². The van der Waals surface area contributed by atoms with Crippen molar-refractivity contribution in [3.63, 3.8) is 0 Å². The topological polar surface area (TPSA) is 208 Å². The zero-order valence-corrected chi connectivity index (χ0v) is 18.8. The van der Waals surface area contributed by atoms with Crippen LogP contribution in [0.25, 0.3) is 0 Å². The molecule has 0 saturated heterocycles. The van der Waals surface area contributed by atoms with Crippen molar-refractivity contribution in [1.82, 2.24) is 0 Å². The summed E-state index contributed by atoms with van der Waals surface area (Å²) in [5.41, 5.74) is 0.689. The number of hydrogen-bond acceptors (Lipinski definition) is 8. The van der Waals surface area contributed by atoms with Gasteiger partial charge in [-0.05, 0) is 42.0 Å². The molecular formula is C9H20O12P4S2. The van der Waals surface area contributed by atoms with Crippen LogP contribution in [0.5, 0.6) is 0 Å². The number of allylic oxidation sites excluding steroid dienone is 2. The van der Waals surface area contributed by atoms with Crippen LogP contribution in [0.4, 0.5) is 0 Å². The average molecular weight is 508 g/mol. The van der Waals surface area contributed by atoms with Gasteiger partial charge in [-0.25, -0.2) is 18.3 Å². The molecule has 0 aliphatic rings. The van der Waals surface area contributed by atoms with Crippen molar-refractivity contribution in [2.24, 2.45) is 0 Å². The first-order chi connectivity index (χ1) is 12.0. The molecule has 27 heavy (non-hydrogen) atoms. The Kier molecular flexibility index (Phi) is 12.2. The van der Waals surface area contributed by atoms with Gasteiger partial charge in [-0.1, -0.05) is 24.3 Å². The molecule has 0 aliphatic carbocycles. The van der Waals surface area contributed by atoms with Crippen LogP contribution < -0.4 is 0 Å². The lowest BCUT2D eigenvalue weighted by Gasteiger charge is -2.11. The summed E-state index contributed by atoms with van der Waals surface area (Å²) in [5, 5.41) is 0. The molecule has 2 atom stereocenters. The average Bonchev–Trinajstić information content (AvgIpc) is 2.36. The molecule has 0 bridgehead atoms. The summed E-state index contributed by atoms with van der Waals surface area (Å²) in [6.45, 7) is -5.19. The van der Waals surface area contributed by atoms with Gasteiger partial charge in [-0.15, -0.1) is 0 Å². The van der Waals surface area contributed by atoms with Gasteiger partial charge in [-0.2, -0.15) is 8.62 Å². The fraction of sp³-hybridized carbons (Fsp3) is 0.556. The highest BCUT2D eigenvalue weighted by molar-refractivity contribution is 8.55. The van der Waals surface area contributed by atoms with Gasteiger partial charge in [-0.3, -0.25) is 0 Å². The molecule has 0 aromatic heterocycles. The molecule has 0 rings (SSSR count). The first-order valence-electron chi connectivity index (χ1n) is 6.81. The van der Waals surface area contributed by atoms with Crippen molar-refractivity contribution < 1.29 is 56.2 Å². The quantitative estimate of drug-likeness (QED) is 0.147. The fourth-order valence-corrected chi connectivity index (χ4v) is 9.11. The highest BCUT2D eigenvalue weighted by Gasteiger charge is 2.31. The van der Waals surface area contributed by atoms with Crippen LogP contribution in [0, 0.1) is 0 Å². The summed E-state index contributed by atoms with van der Waals surface area (Å²) in [6.07, 6.45) is 4.39. The summed E-state index contributed by atoms with van der Waals surface area (Å²) in [6, 6.07) is 0. The second-order valence-corrected chi connectivity index (χ2v) is 15.4. The van der Waals surface area contributed by atoms with Gasteiger partial charge in [0.15, 0.2) is 0 Å². The molecule has 0 spiro atoms. The minimum Gasteiger partial charge on any atom is -0.316 e. The SMILES string of the molecule is C=C(CC/C=C\CSP(=O)(O)OP(=O)(O)O)CCSP(=O)(O)OP(=O)(O)O. The predicted molar refractivity (Wildman–Crippen MR) is 103 cm³/mol. The van der Waals surface area contributed by atoms with E-state index in [1.165, 1.54) is 6.08 Å². The maximum absolute atomic E-state index is 11.4. The smallest absolute Gasteiger partial charge is 0.316 e. The van der Waals surface area contributed by atoms with Gasteiger partial charge in [0, 0.05) is 11.5 Å². The monoisotopic (exact) mass is 508 g/mol. The van der Waals surface area contributed by atoms with Gasteiger partial charge >= 0.3 is 29.2 Å². The van der Waals surface area contributed by atoms with E-state index in [9.17, 15) is 28.0 Å². The zero-order chi connectivity index (χ0) is 21.4. The third-order valence-electron chi connectivity index (χ3n) is 2.29. The molecule has 0 heterocycles. The summed E-state index contributed by atoms with van der Waals surface area (Å²) >= 11 is 0.700. The molecule has 160 valence electrons. The molecular weight excluding hydrogens is 488 g/mol. The zero-order valence-electron chi connectivity index (χ0n) is 13.6. The fourth-order valence-electron chi connectivity index (χ4n) is 1.36. The van der Waals surface area contributed by atoms with Crippen molar-refractivity contribution >= 4 is 52.0 Å². The van der Waals surface area contributed by atoms with Crippen molar-refractivity contribution in [2.75, 3.05) is 11.5 Å². The molecule has 18 heteroatoms. The highest BCUT2D eigenvalue weighted by Crippen LogP contribution is 2.65. The van der Waals surface area contributed by atoms with E-state index < -0.39 is 29.2 Å². The van der Waals surface area contributed by atoms with Crippen molar-refractivity contribution in [3.8, 4) is 0 Å². The molecule has 0 radical (unpaired) electrons. The van der Waals surface area contributed by atoms with E-state index in [2.05, 4.69) is 15.2 Å². The number of phosphoric acid groups is 2. The normalized spacial score (nSPS) is 17.6. The van der Waals surface area contributed by atoms with Crippen molar-refractivity contribution in [2.45, 2.75) is 19.3 Å². The van der Waals surface area contributed by atoms with Gasteiger partial charge in [0.1, 0.15) is 0 Å². The Bertz CT molecular complexity index is 712. The van der Waals surface area contributed by atoms with Gasteiger partial charge < -0.3 is 29.4 Å². The van der Waals surface area contributed by atoms with Gasteiger partial charge in [0.2, 0.25) is 0 Å². The molecule has 0 aliphatic heterocycles. The second kappa shape index (κ2) is 11.8. The maximum Gasteiger partial charge on any atom is 0.477 e. The first kappa shape index (κ1) is 27.8. The molecule has 2 unspecified atom stereocenters. The first-order valence-corrected chi connectivity index (χ1v) is 16.2. The molecule has 0 aromatic carbocycles. The lowest BCUT2D eigenvalue weighted by molar-refractivity contribution is 0.267. The minimum absolute atomic E-state index is 0.0243. The van der Waals surface area contributed by atoms with E-state index in [0.717, 1.165) is 0 Å². The van der Waals surface area contributed by atoms with E-state index in [4.69, 9.17) is 19.6 Å². The van der Waals surface area contributed by atoms with E-state index >= 15 is 0 Å². The van der Waals surface area contributed by atoms with Crippen LogP contribution in [0.1, 0.15) is 19.3 Å². The van der Waals surface area contributed by atoms with Crippen LogP contribution in [0.15, 0.2) is 24.3 Å². The van der Waals surface area contributed by atoms with Crippen LogP contribution in [0.3, 0.4) is 0 Å². The number of hydrogen-bond donors (Lipinski definition) is 6. The third-order valence-corrected chi connectivity index (χ3v) is 11.2. The third kappa shape index (κ3) is 18.5. The molecule has 0 saturated carbocycles. The molecule has 0 amide bonds. The Morgan fingerprint density at radius 2 is 1.30 bits per heavy atom. The molecule has 6 N–H and O–H groups in total. The molecule has 0 aromatic rings. The van der Waals surface area contributed by atoms with Crippen LogP contribution >= 0.6 is 52.0 Å². The van der Waals surface area contributed by atoms with Crippen molar-refractivity contribution in [3.05, 3.63) is 24.3 Å². The Balaban J connectivity index is 4.02. The summed E-state index contributed by atoms with van der Waals surface area (Å²) in [5.74, 6) is 0.0309. The number of rotatable bonds is 14. The van der Waals surface area contributed by atoms with Crippen molar-refractivity contribution in [1.29, 1.82) is 0 Å². The second-order valence-electron chi connectivity index (χ2n) is 4.72. The maximum atomic E-state index is 11.4. The lowest BCUT2D eigenvalue weighted by Crippen LogP contribution is -1.89. The van der Waals surface area contributed by atoms with E-state index in [1.807, 2.05) is 0 Å². The lowest BCUT2D eigenvalue weighted by atomic mass is 10.1. The van der Waals surface area contributed by atoms with Gasteiger partial charge in [0.05, 0.1) is 0 Å². The Hall–Kier alpha value is 0.780. The van der Waals surface area contributed by atoms with E-state index in [1.54, 1.807) is 6.08 Å². The Labute approximate surface area is 163 Å². The van der Waals surface area contributed by atoms with Crippen LogP contribution in [0.2, 0.25) is 0 Å². The summed E-state index contributed by atoms with van der Waals surface area (Å²) < 4.78 is 51.2. The summed E-state index contributed by atoms with van der Waals surface area (Å²) in [4.78, 5) is 52.3. The standard InChI is InChI=1S/C9H20O12P4S2/c1-9(6-8-27-25(18,19)21-23(13,14)15)5-3-2-4-7-26-24(16,17)20-22(10,11)12/h2,4H,1,3,5-8H2,(H,16,17)(H,18,19)(H2,10,11,12)(H2,13,14,15)/b4-2-. The summed E-state index contributed by atoms with van der Waals surface area (Å²) in [7, 11) is -10.1. The Morgan fingerprint density at radius 3 is 1.78 bits per heavy atom. The van der Waals surface area contributed by atoms with Crippen LogP contribution in [-0.2, 0) is 26.9 Å². The largest absolute Gasteiger partial charge is 0.477 e. The van der Waals surface area contributed by atoms with E-state index in [0.29, 0.717) is 47.6 Å². The van der Waals surface area contributed by atoms with Gasteiger partial charge in [0.25, 0.3) is 0 Å². The minimum atomic E-state index is -5.06. The molecule has 12 nitrogen and oxygen atoms in total. The Morgan fingerprint density at radius 1 is 0.815 bits per heavy atom. The molecule has 0 fully saturated rings. The van der Waals surface area contributed by atoms with Crippen LogP contribution in [-0.4, -0.2) is 40.9 Å². The highest BCUT2D eigenvalue weighted by atomic mass is 32.7.